The van der Waals surface area contributed by atoms with Crippen LogP contribution in [0.1, 0.15) is 46.2 Å². The predicted octanol–water partition coefficient (Wildman–Crippen LogP) is 4.99. The van der Waals surface area contributed by atoms with Crippen LogP contribution in [-0.4, -0.2) is 29.2 Å². The minimum Gasteiger partial charge on any atom is -0.488 e. The van der Waals surface area contributed by atoms with Crippen LogP contribution in [0.3, 0.4) is 0 Å². The van der Waals surface area contributed by atoms with Gasteiger partial charge in [0.25, 0.3) is 0 Å². The van der Waals surface area contributed by atoms with Crippen LogP contribution in [0, 0.1) is 5.41 Å². The minimum absolute atomic E-state index is 0.0266. The Kier molecular flexibility index (Phi) is 4.86. The lowest BCUT2D eigenvalue weighted by Gasteiger charge is -2.30. The Hall–Kier alpha value is -2.28. The first-order valence-corrected chi connectivity index (χ1v) is 9.14. The number of rotatable bonds is 3. The Balaban J connectivity index is 2.04. The smallest absolute Gasteiger partial charge is 0.409 e. The van der Waals surface area contributed by atoms with Gasteiger partial charge in [-0.05, 0) is 57.7 Å². The number of ether oxygens (including phenoxy) is 1. The van der Waals surface area contributed by atoms with Gasteiger partial charge in [-0.25, -0.2) is 5.01 Å². The van der Waals surface area contributed by atoms with Gasteiger partial charge in [0, 0.05) is 11.9 Å². The SMILES string of the molecule is CC(C)(C)Oc1cccc2cc(C(N3CC(C)(C)C(=O)N3)C(F)(F)F)ccc12. The number of hydrogen-bond acceptors (Lipinski definition) is 3. The molecular formula is C21H25F3N2O2. The first kappa shape index (κ1) is 20.5. The third-order valence-corrected chi connectivity index (χ3v) is 4.64. The molecule has 4 nitrogen and oxygen atoms in total. The molecule has 1 amide bonds. The maximum absolute atomic E-state index is 13.9. The highest BCUT2D eigenvalue weighted by Crippen LogP contribution is 2.42. The highest BCUT2D eigenvalue weighted by atomic mass is 19.4. The average molecular weight is 394 g/mol. The molecule has 1 aliphatic heterocycles. The van der Waals surface area contributed by atoms with Crippen LogP contribution in [0.25, 0.3) is 10.8 Å². The Labute approximate surface area is 162 Å². The summed E-state index contributed by atoms with van der Waals surface area (Å²) in [4.78, 5) is 12.0. The number of halogens is 3. The minimum atomic E-state index is -4.54. The molecule has 1 fully saturated rings. The fraction of sp³-hybridized carbons (Fsp3) is 0.476. The van der Waals surface area contributed by atoms with Gasteiger partial charge >= 0.3 is 6.18 Å². The lowest BCUT2D eigenvalue weighted by molar-refractivity contribution is -0.191. The number of amides is 1. The van der Waals surface area contributed by atoms with E-state index in [2.05, 4.69) is 5.43 Å². The number of hydrazine groups is 1. The third kappa shape index (κ3) is 4.09. The van der Waals surface area contributed by atoms with Crippen molar-refractivity contribution in [3.05, 3.63) is 42.0 Å². The molecule has 3 rings (SSSR count). The van der Waals surface area contributed by atoms with Gasteiger partial charge in [0.15, 0.2) is 0 Å². The van der Waals surface area contributed by atoms with E-state index in [1.54, 1.807) is 38.1 Å². The summed E-state index contributed by atoms with van der Waals surface area (Å²) in [6, 6.07) is 8.01. The molecular weight excluding hydrogens is 369 g/mol. The fourth-order valence-electron chi connectivity index (χ4n) is 3.38. The molecule has 0 radical (unpaired) electrons. The molecule has 0 spiro atoms. The summed E-state index contributed by atoms with van der Waals surface area (Å²) < 4.78 is 47.7. The van der Waals surface area contributed by atoms with E-state index in [9.17, 15) is 18.0 Å². The van der Waals surface area contributed by atoms with Gasteiger partial charge in [0.05, 0.1) is 5.41 Å². The lowest BCUT2D eigenvalue weighted by atomic mass is 9.93. The fourth-order valence-corrected chi connectivity index (χ4v) is 3.38. The van der Waals surface area contributed by atoms with Gasteiger partial charge in [0.2, 0.25) is 5.91 Å². The molecule has 28 heavy (non-hydrogen) atoms. The number of alkyl halides is 3. The molecule has 1 saturated heterocycles. The average Bonchev–Trinajstić information content (AvgIpc) is 2.77. The van der Waals surface area contributed by atoms with Gasteiger partial charge in [0.1, 0.15) is 17.4 Å². The number of hydrogen-bond donors (Lipinski definition) is 1. The molecule has 1 unspecified atom stereocenters. The topological polar surface area (TPSA) is 41.6 Å². The van der Waals surface area contributed by atoms with E-state index in [4.69, 9.17) is 4.74 Å². The highest BCUT2D eigenvalue weighted by molar-refractivity contribution is 5.89. The van der Waals surface area contributed by atoms with Crippen molar-refractivity contribution in [3.8, 4) is 5.75 Å². The molecule has 7 heteroatoms. The van der Waals surface area contributed by atoms with E-state index in [0.717, 1.165) is 10.4 Å². The molecule has 2 aromatic rings. The summed E-state index contributed by atoms with van der Waals surface area (Å²) in [5.74, 6) is 0.208. The molecule has 0 bridgehead atoms. The van der Waals surface area contributed by atoms with Gasteiger partial charge in [-0.1, -0.05) is 24.3 Å². The van der Waals surface area contributed by atoms with Crippen molar-refractivity contribution in [1.29, 1.82) is 0 Å². The van der Waals surface area contributed by atoms with Crippen molar-refractivity contribution < 1.29 is 22.7 Å². The summed E-state index contributed by atoms with van der Waals surface area (Å²) in [6.45, 7) is 8.98. The van der Waals surface area contributed by atoms with Crippen LogP contribution < -0.4 is 10.2 Å². The quantitative estimate of drug-likeness (QED) is 0.797. The van der Waals surface area contributed by atoms with E-state index in [0.29, 0.717) is 11.1 Å². The van der Waals surface area contributed by atoms with Crippen molar-refractivity contribution >= 4 is 16.7 Å². The molecule has 152 valence electrons. The predicted molar refractivity (Wildman–Crippen MR) is 102 cm³/mol. The van der Waals surface area contributed by atoms with Crippen LogP contribution in [0.4, 0.5) is 13.2 Å². The van der Waals surface area contributed by atoms with E-state index < -0.39 is 29.1 Å². The summed E-state index contributed by atoms with van der Waals surface area (Å²) in [5, 5.41) is 2.38. The standard InChI is InChI=1S/C21H25F3N2O2/c1-19(2,3)28-16-8-6-7-13-11-14(9-10-15(13)16)17(21(22,23)24)26-12-20(4,5)18(27)25-26/h6-11,17H,12H2,1-5H3,(H,25,27). The summed E-state index contributed by atoms with van der Waals surface area (Å²) >= 11 is 0. The van der Waals surface area contributed by atoms with Crippen molar-refractivity contribution in [1.82, 2.24) is 10.4 Å². The van der Waals surface area contributed by atoms with Crippen LogP contribution in [0.2, 0.25) is 0 Å². The second-order valence-corrected chi connectivity index (χ2v) is 8.85. The van der Waals surface area contributed by atoms with Crippen LogP contribution in [0.15, 0.2) is 36.4 Å². The normalized spacial score (nSPS) is 18.9. The number of fused-ring (bicyclic) bond motifs is 1. The largest absolute Gasteiger partial charge is 0.488 e. The molecule has 0 aliphatic carbocycles. The molecule has 1 N–H and O–H groups in total. The van der Waals surface area contributed by atoms with Crippen molar-refractivity contribution in [2.45, 2.75) is 52.4 Å². The number of nitrogens with one attached hydrogen (secondary N) is 1. The Bertz CT molecular complexity index is 901. The zero-order valence-electron chi connectivity index (χ0n) is 16.6. The monoisotopic (exact) mass is 394 g/mol. The van der Waals surface area contributed by atoms with E-state index in [1.165, 1.54) is 12.1 Å². The summed E-state index contributed by atoms with van der Waals surface area (Å²) in [7, 11) is 0. The second kappa shape index (κ2) is 6.65. The lowest BCUT2D eigenvalue weighted by Crippen LogP contribution is -2.43. The van der Waals surface area contributed by atoms with Crippen molar-refractivity contribution in [2.24, 2.45) is 5.41 Å². The number of benzene rings is 2. The molecule has 0 aromatic heterocycles. The van der Waals surface area contributed by atoms with Gasteiger partial charge in [-0.2, -0.15) is 13.2 Å². The van der Waals surface area contributed by atoms with Gasteiger partial charge in [-0.3, -0.25) is 10.2 Å². The number of carbonyl (C=O) groups is 1. The third-order valence-electron chi connectivity index (χ3n) is 4.64. The zero-order valence-corrected chi connectivity index (χ0v) is 16.6. The highest BCUT2D eigenvalue weighted by Gasteiger charge is 2.51. The number of nitrogens with zero attached hydrogens (tertiary/aromatic N) is 1. The molecule has 1 atom stereocenters. The van der Waals surface area contributed by atoms with Crippen LogP contribution >= 0.6 is 0 Å². The summed E-state index contributed by atoms with van der Waals surface area (Å²) in [6.07, 6.45) is -4.54. The molecule has 2 aromatic carbocycles. The molecule has 1 aliphatic rings. The van der Waals surface area contributed by atoms with Crippen LogP contribution in [0.5, 0.6) is 5.75 Å². The zero-order chi connectivity index (χ0) is 20.9. The number of carbonyl (C=O) groups excluding carboxylic acids is 1. The van der Waals surface area contributed by atoms with Crippen LogP contribution in [-0.2, 0) is 4.79 Å². The van der Waals surface area contributed by atoms with Crippen molar-refractivity contribution in [2.75, 3.05) is 6.54 Å². The Morgan fingerprint density at radius 2 is 1.82 bits per heavy atom. The first-order chi connectivity index (χ1) is 12.8. The Morgan fingerprint density at radius 1 is 1.14 bits per heavy atom. The first-order valence-electron chi connectivity index (χ1n) is 9.14. The maximum atomic E-state index is 13.9. The molecule has 1 heterocycles. The van der Waals surface area contributed by atoms with Gasteiger partial charge < -0.3 is 4.74 Å². The van der Waals surface area contributed by atoms with Gasteiger partial charge in [-0.15, -0.1) is 0 Å². The molecule has 0 saturated carbocycles. The van der Waals surface area contributed by atoms with E-state index >= 15 is 0 Å². The van der Waals surface area contributed by atoms with Crippen molar-refractivity contribution in [3.63, 3.8) is 0 Å². The van der Waals surface area contributed by atoms with E-state index in [-0.39, 0.29) is 12.1 Å². The Morgan fingerprint density at radius 3 is 2.36 bits per heavy atom. The van der Waals surface area contributed by atoms with E-state index in [1.807, 2.05) is 20.8 Å². The maximum Gasteiger partial charge on any atom is 0.409 e. The summed E-state index contributed by atoms with van der Waals surface area (Å²) in [5.41, 5.74) is 1.16. The second-order valence-electron chi connectivity index (χ2n) is 8.85.